The molecule has 3 heteroatoms. The highest BCUT2D eigenvalue weighted by molar-refractivity contribution is 5.78. The van der Waals surface area contributed by atoms with Gasteiger partial charge in [-0.3, -0.25) is 4.79 Å². The van der Waals surface area contributed by atoms with Gasteiger partial charge < -0.3 is 10.4 Å². The minimum atomic E-state index is -0.661. The van der Waals surface area contributed by atoms with Gasteiger partial charge in [-0.05, 0) is 37.8 Å². The Hall–Kier alpha value is -1.35. The molecule has 1 aromatic carbocycles. The molecule has 0 unspecified atom stereocenters. The summed E-state index contributed by atoms with van der Waals surface area (Å²) in [7, 11) is 0. The fraction of sp³-hybridized carbons (Fsp3) is 0.500. The molecule has 1 aliphatic carbocycles. The molecule has 0 bridgehead atoms. The molecule has 0 amide bonds. The monoisotopic (exact) mass is 233 g/mol. The van der Waals surface area contributed by atoms with Gasteiger partial charge in [0.25, 0.3) is 0 Å². The van der Waals surface area contributed by atoms with Crippen LogP contribution in [-0.2, 0) is 11.3 Å². The van der Waals surface area contributed by atoms with Crippen molar-refractivity contribution in [3.63, 3.8) is 0 Å². The number of aliphatic carboxylic acids is 1. The molecule has 0 atom stereocenters. The summed E-state index contributed by atoms with van der Waals surface area (Å²) < 4.78 is 0. The normalized spacial score (nSPS) is 16.8. The number of carboxylic acids is 1. The van der Waals surface area contributed by atoms with E-state index in [1.165, 1.54) is 16.7 Å². The minimum Gasteiger partial charge on any atom is -0.481 e. The molecule has 1 saturated carbocycles. The Labute approximate surface area is 102 Å². The van der Waals surface area contributed by atoms with Crippen molar-refractivity contribution in [1.82, 2.24) is 5.32 Å². The number of hydrogen-bond donors (Lipinski definition) is 2. The number of rotatable bonds is 5. The van der Waals surface area contributed by atoms with Crippen molar-refractivity contribution >= 4 is 5.97 Å². The number of benzene rings is 1. The second kappa shape index (κ2) is 4.49. The van der Waals surface area contributed by atoms with Crippen LogP contribution in [0.4, 0.5) is 0 Å². The molecule has 2 N–H and O–H groups in total. The zero-order valence-electron chi connectivity index (χ0n) is 10.4. The predicted molar refractivity (Wildman–Crippen MR) is 66.9 cm³/mol. The lowest BCUT2D eigenvalue weighted by atomic mass is 10.0. The fourth-order valence-electron chi connectivity index (χ4n) is 2.04. The maximum Gasteiger partial charge on any atom is 0.310 e. The first-order valence-electron chi connectivity index (χ1n) is 6.04. The van der Waals surface area contributed by atoms with Crippen molar-refractivity contribution in [3.05, 3.63) is 34.9 Å². The third kappa shape index (κ3) is 2.67. The van der Waals surface area contributed by atoms with Crippen LogP contribution in [0.2, 0.25) is 0 Å². The number of carboxylic acid groups (broad SMARTS) is 1. The molecule has 1 aliphatic rings. The molecule has 0 aromatic heterocycles. The molecular weight excluding hydrogens is 214 g/mol. The molecule has 17 heavy (non-hydrogen) atoms. The summed E-state index contributed by atoms with van der Waals surface area (Å²) in [5.41, 5.74) is 3.28. The van der Waals surface area contributed by atoms with Gasteiger partial charge in [0.1, 0.15) is 0 Å². The molecule has 92 valence electrons. The lowest BCUT2D eigenvalue weighted by Crippen LogP contribution is -2.29. The van der Waals surface area contributed by atoms with Gasteiger partial charge in [-0.15, -0.1) is 0 Å². The van der Waals surface area contributed by atoms with Crippen LogP contribution in [0.25, 0.3) is 0 Å². The summed E-state index contributed by atoms with van der Waals surface area (Å²) in [6.45, 7) is 5.49. The van der Waals surface area contributed by atoms with E-state index in [4.69, 9.17) is 5.11 Å². The van der Waals surface area contributed by atoms with Crippen LogP contribution < -0.4 is 5.32 Å². The van der Waals surface area contributed by atoms with Crippen molar-refractivity contribution in [3.8, 4) is 0 Å². The van der Waals surface area contributed by atoms with Gasteiger partial charge in [0.05, 0.1) is 5.41 Å². The van der Waals surface area contributed by atoms with Gasteiger partial charge in [-0.25, -0.2) is 0 Å². The summed E-state index contributed by atoms with van der Waals surface area (Å²) in [6.07, 6.45) is 1.62. The molecule has 3 nitrogen and oxygen atoms in total. The van der Waals surface area contributed by atoms with Gasteiger partial charge >= 0.3 is 5.97 Å². The molecule has 1 fully saturated rings. The van der Waals surface area contributed by atoms with E-state index < -0.39 is 11.4 Å². The second-order valence-electron chi connectivity index (χ2n) is 5.12. The Morgan fingerprint density at radius 2 is 2.12 bits per heavy atom. The fourth-order valence-corrected chi connectivity index (χ4v) is 2.04. The van der Waals surface area contributed by atoms with Crippen LogP contribution in [0.3, 0.4) is 0 Å². The first kappa shape index (κ1) is 12.1. The Bertz CT molecular complexity index is 436. The lowest BCUT2D eigenvalue weighted by molar-refractivity contribution is -0.143. The first-order chi connectivity index (χ1) is 8.03. The molecule has 2 rings (SSSR count). The van der Waals surface area contributed by atoms with Gasteiger partial charge in [-0.2, -0.15) is 0 Å². The van der Waals surface area contributed by atoms with E-state index in [9.17, 15) is 4.79 Å². The largest absolute Gasteiger partial charge is 0.481 e. The van der Waals surface area contributed by atoms with Crippen LogP contribution >= 0.6 is 0 Å². The van der Waals surface area contributed by atoms with Crippen LogP contribution in [0.1, 0.15) is 29.5 Å². The van der Waals surface area contributed by atoms with Gasteiger partial charge in [0.15, 0.2) is 0 Å². The Balaban J connectivity index is 1.90. The first-order valence-corrected chi connectivity index (χ1v) is 6.04. The number of carbonyl (C=O) groups is 1. The second-order valence-corrected chi connectivity index (χ2v) is 5.12. The van der Waals surface area contributed by atoms with E-state index in [0.29, 0.717) is 6.54 Å². The van der Waals surface area contributed by atoms with E-state index >= 15 is 0 Å². The zero-order valence-corrected chi connectivity index (χ0v) is 10.4. The summed E-state index contributed by atoms with van der Waals surface area (Å²) in [5, 5.41) is 12.3. The molecule has 0 radical (unpaired) electrons. The van der Waals surface area contributed by atoms with Crippen LogP contribution in [-0.4, -0.2) is 17.6 Å². The SMILES string of the molecule is Cc1ccc(C)c(CNCC2(C(=O)O)CC2)c1. The van der Waals surface area contributed by atoms with E-state index in [2.05, 4.69) is 37.4 Å². The highest BCUT2D eigenvalue weighted by Crippen LogP contribution is 2.45. The standard InChI is InChI=1S/C14H19NO2/c1-10-3-4-11(2)12(7-10)8-15-9-14(5-6-14)13(16)17/h3-4,7,15H,5-6,8-9H2,1-2H3,(H,16,17). The average Bonchev–Trinajstić information content (AvgIpc) is 3.04. The predicted octanol–water partition coefficient (Wildman–Crippen LogP) is 2.26. The Morgan fingerprint density at radius 3 is 2.71 bits per heavy atom. The quantitative estimate of drug-likeness (QED) is 0.820. The molecule has 0 heterocycles. The topological polar surface area (TPSA) is 49.3 Å². The van der Waals surface area contributed by atoms with Crippen LogP contribution in [0.15, 0.2) is 18.2 Å². The van der Waals surface area contributed by atoms with E-state index in [1.54, 1.807) is 0 Å². The summed E-state index contributed by atoms with van der Waals surface area (Å²) in [5.74, 6) is -0.661. The van der Waals surface area contributed by atoms with Gasteiger partial charge in [0.2, 0.25) is 0 Å². The van der Waals surface area contributed by atoms with Crippen molar-refractivity contribution in [1.29, 1.82) is 0 Å². The maximum atomic E-state index is 11.0. The van der Waals surface area contributed by atoms with Crippen molar-refractivity contribution < 1.29 is 9.90 Å². The zero-order chi connectivity index (χ0) is 12.5. The molecule has 0 aliphatic heterocycles. The third-order valence-electron chi connectivity index (χ3n) is 3.59. The number of nitrogens with one attached hydrogen (secondary N) is 1. The summed E-state index contributed by atoms with van der Waals surface area (Å²) in [6, 6.07) is 6.36. The molecule has 0 spiro atoms. The van der Waals surface area contributed by atoms with E-state index in [0.717, 1.165) is 19.4 Å². The Kier molecular flexibility index (Phi) is 3.20. The van der Waals surface area contributed by atoms with Crippen molar-refractivity contribution in [2.24, 2.45) is 5.41 Å². The van der Waals surface area contributed by atoms with Crippen molar-refractivity contribution in [2.45, 2.75) is 33.2 Å². The number of hydrogen-bond acceptors (Lipinski definition) is 2. The molecular formula is C14H19NO2. The van der Waals surface area contributed by atoms with E-state index in [-0.39, 0.29) is 0 Å². The van der Waals surface area contributed by atoms with Crippen LogP contribution in [0.5, 0.6) is 0 Å². The highest BCUT2D eigenvalue weighted by Gasteiger charge is 2.49. The average molecular weight is 233 g/mol. The third-order valence-corrected chi connectivity index (χ3v) is 3.59. The lowest BCUT2D eigenvalue weighted by Gasteiger charge is -2.12. The molecule has 1 aromatic rings. The highest BCUT2D eigenvalue weighted by atomic mass is 16.4. The smallest absolute Gasteiger partial charge is 0.310 e. The number of aryl methyl sites for hydroxylation is 2. The summed E-state index contributed by atoms with van der Waals surface area (Å²) >= 11 is 0. The maximum absolute atomic E-state index is 11.0. The summed E-state index contributed by atoms with van der Waals surface area (Å²) in [4.78, 5) is 11.0. The Morgan fingerprint density at radius 1 is 1.41 bits per heavy atom. The van der Waals surface area contributed by atoms with Gasteiger partial charge in [-0.1, -0.05) is 23.8 Å². The van der Waals surface area contributed by atoms with Crippen molar-refractivity contribution in [2.75, 3.05) is 6.54 Å². The van der Waals surface area contributed by atoms with Crippen LogP contribution in [0, 0.1) is 19.3 Å². The van der Waals surface area contributed by atoms with E-state index in [1.807, 2.05) is 0 Å². The minimum absolute atomic E-state index is 0.474. The van der Waals surface area contributed by atoms with Gasteiger partial charge in [0, 0.05) is 13.1 Å². The molecule has 0 saturated heterocycles.